The molecule has 1 amide bonds. The fraction of sp³-hybridized carbons (Fsp3) is 0.647. The van der Waals surface area contributed by atoms with Gasteiger partial charge in [-0.25, -0.2) is 0 Å². The van der Waals surface area contributed by atoms with Crippen molar-refractivity contribution in [1.29, 1.82) is 0 Å². The Morgan fingerprint density at radius 2 is 2.21 bits per heavy atom. The van der Waals surface area contributed by atoms with Crippen molar-refractivity contribution >= 4 is 5.91 Å². The van der Waals surface area contributed by atoms with Crippen LogP contribution < -0.4 is 5.32 Å². The summed E-state index contributed by atoms with van der Waals surface area (Å²) in [6.07, 6.45) is 10.9. The molecule has 2 aliphatic rings. The number of hydrogen-bond acceptors (Lipinski definition) is 5. The Morgan fingerprint density at radius 3 is 2.88 bits per heavy atom. The zero-order chi connectivity index (χ0) is 17.0. The molecule has 0 bridgehead atoms. The van der Waals surface area contributed by atoms with Gasteiger partial charge in [-0.2, -0.15) is 15.3 Å². The SMILES string of the molecule is C#CCCC1(CCNC(=O)c2cnn(C3CCOCC3)c2C)N=N1. The van der Waals surface area contributed by atoms with Crippen LogP contribution in [0.5, 0.6) is 0 Å². The number of rotatable bonds is 7. The van der Waals surface area contributed by atoms with Crippen LogP contribution in [0.2, 0.25) is 0 Å². The molecule has 1 fully saturated rings. The molecular formula is C17H23N5O2. The van der Waals surface area contributed by atoms with Gasteiger partial charge in [0.25, 0.3) is 5.91 Å². The monoisotopic (exact) mass is 329 g/mol. The molecule has 24 heavy (non-hydrogen) atoms. The summed E-state index contributed by atoms with van der Waals surface area (Å²) < 4.78 is 7.34. The van der Waals surface area contributed by atoms with Gasteiger partial charge in [-0.15, -0.1) is 12.3 Å². The predicted octanol–water partition coefficient (Wildman–Crippen LogP) is 2.24. The molecule has 0 aromatic carbocycles. The summed E-state index contributed by atoms with van der Waals surface area (Å²) >= 11 is 0. The van der Waals surface area contributed by atoms with E-state index in [4.69, 9.17) is 11.2 Å². The first kappa shape index (κ1) is 16.7. The maximum Gasteiger partial charge on any atom is 0.254 e. The summed E-state index contributed by atoms with van der Waals surface area (Å²) in [5.74, 6) is 2.50. The van der Waals surface area contributed by atoms with Gasteiger partial charge in [0.15, 0.2) is 5.66 Å². The number of carbonyl (C=O) groups excluding carboxylic acids is 1. The van der Waals surface area contributed by atoms with Crippen molar-refractivity contribution in [2.24, 2.45) is 10.2 Å². The van der Waals surface area contributed by atoms with Crippen molar-refractivity contribution in [3.8, 4) is 12.3 Å². The van der Waals surface area contributed by atoms with E-state index in [0.717, 1.165) is 38.2 Å². The first-order valence-corrected chi connectivity index (χ1v) is 8.43. The van der Waals surface area contributed by atoms with Crippen molar-refractivity contribution in [1.82, 2.24) is 15.1 Å². The molecule has 0 saturated carbocycles. The van der Waals surface area contributed by atoms with Gasteiger partial charge in [0.05, 0.1) is 17.8 Å². The summed E-state index contributed by atoms with van der Waals surface area (Å²) in [4.78, 5) is 12.4. The molecule has 0 radical (unpaired) electrons. The molecule has 1 aromatic rings. The summed E-state index contributed by atoms with van der Waals surface area (Å²) in [7, 11) is 0. The molecule has 128 valence electrons. The van der Waals surface area contributed by atoms with Crippen molar-refractivity contribution < 1.29 is 9.53 Å². The molecule has 0 atom stereocenters. The maximum absolute atomic E-state index is 12.4. The third-order valence-electron chi connectivity index (χ3n) is 4.69. The standard InChI is InChI=1S/C17H23N5O2/c1-3-4-7-17(20-21-17)8-9-18-16(23)15-12-19-22(13(15)2)14-5-10-24-11-6-14/h1,12,14H,4-11H2,2H3,(H,18,23). The summed E-state index contributed by atoms with van der Waals surface area (Å²) in [5, 5.41) is 15.5. The highest BCUT2D eigenvalue weighted by Gasteiger charge is 2.38. The van der Waals surface area contributed by atoms with E-state index in [9.17, 15) is 4.79 Å². The minimum absolute atomic E-state index is 0.0986. The Hall–Kier alpha value is -2.20. The molecule has 7 nitrogen and oxygen atoms in total. The van der Waals surface area contributed by atoms with Crippen LogP contribution in [-0.4, -0.2) is 41.1 Å². The predicted molar refractivity (Wildman–Crippen MR) is 88.7 cm³/mol. The lowest BCUT2D eigenvalue weighted by molar-refractivity contribution is 0.0656. The van der Waals surface area contributed by atoms with Gasteiger partial charge in [-0.1, -0.05) is 0 Å². The molecule has 0 unspecified atom stereocenters. The Bertz CT molecular complexity index is 661. The van der Waals surface area contributed by atoms with E-state index in [-0.39, 0.29) is 11.6 Å². The van der Waals surface area contributed by atoms with Crippen molar-refractivity contribution in [3.63, 3.8) is 0 Å². The third-order valence-corrected chi connectivity index (χ3v) is 4.69. The van der Waals surface area contributed by atoms with Crippen LogP contribution >= 0.6 is 0 Å². The molecule has 2 aliphatic heterocycles. The molecule has 1 N–H and O–H groups in total. The smallest absolute Gasteiger partial charge is 0.254 e. The van der Waals surface area contributed by atoms with E-state index in [1.165, 1.54) is 0 Å². The van der Waals surface area contributed by atoms with Crippen molar-refractivity contribution in [2.45, 2.75) is 50.7 Å². The zero-order valence-corrected chi connectivity index (χ0v) is 14.0. The van der Waals surface area contributed by atoms with Crippen LogP contribution in [0, 0.1) is 19.3 Å². The summed E-state index contributed by atoms with van der Waals surface area (Å²) in [5.41, 5.74) is 1.17. The minimum Gasteiger partial charge on any atom is -0.381 e. The van der Waals surface area contributed by atoms with Crippen LogP contribution in [0.15, 0.2) is 16.4 Å². The van der Waals surface area contributed by atoms with E-state index in [1.54, 1.807) is 6.20 Å². The van der Waals surface area contributed by atoms with Gasteiger partial charge in [-0.05, 0) is 19.8 Å². The number of amides is 1. The first-order valence-electron chi connectivity index (χ1n) is 8.43. The number of aromatic nitrogens is 2. The minimum atomic E-state index is -0.360. The Morgan fingerprint density at radius 1 is 1.46 bits per heavy atom. The highest BCUT2D eigenvalue weighted by Crippen LogP contribution is 2.36. The van der Waals surface area contributed by atoms with E-state index >= 15 is 0 Å². The average Bonchev–Trinajstić information content (AvgIpc) is 3.27. The number of hydrogen-bond donors (Lipinski definition) is 1. The van der Waals surface area contributed by atoms with Gasteiger partial charge in [0.2, 0.25) is 0 Å². The molecular weight excluding hydrogens is 306 g/mol. The molecule has 3 rings (SSSR count). The fourth-order valence-electron chi connectivity index (χ4n) is 3.08. The Kier molecular flexibility index (Phi) is 4.95. The quantitative estimate of drug-likeness (QED) is 0.779. The fourth-order valence-corrected chi connectivity index (χ4v) is 3.08. The highest BCUT2D eigenvalue weighted by atomic mass is 16.5. The number of ether oxygens (including phenoxy) is 1. The number of nitrogens with one attached hydrogen (secondary N) is 1. The molecule has 1 saturated heterocycles. The van der Waals surface area contributed by atoms with E-state index in [0.29, 0.717) is 31.0 Å². The van der Waals surface area contributed by atoms with Crippen LogP contribution in [0.3, 0.4) is 0 Å². The third kappa shape index (κ3) is 3.65. The second-order valence-corrected chi connectivity index (χ2v) is 6.32. The second kappa shape index (κ2) is 7.14. The van der Waals surface area contributed by atoms with Crippen LogP contribution in [-0.2, 0) is 4.74 Å². The molecule has 1 aromatic heterocycles. The van der Waals surface area contributed by atoms with Crippen LogP contribution in [0.1, 0.15) is 54.2 Å². The van der Waals surface area contributed by atoms with E-state index < -0.39 is 0 Å². The topological polar surface area (TPSA) is 80.9 Å². The number of terminal acetylenes is 1. The van der Waals surface area contributed by atoms with Crippen LogP contribution in [0.4, 0.5) is 0 Å². The Balaban J connectivity index is 1.52. The van der Waals surface area contributed by atoms with Crippen molar-refractivity contribution in [3.05, 3.63) is 17.5 Å². The first-order chi connectivity index (χ1) is 11.7. The normalized spacial score (nSPS) is 19.0. The lowest BCUT2D eigenvalue weighted by atomic mass is 10.0. The maximum atomic E-state index is 12.4. The average molecular weight is 329 g/mol. The van der Waals surface area contributed by atoms with Gasteiger partial charge in [-0.3, -0.25) is 9.48 Å². The Labute approximate surface area is 141 Å². The van der Waals surface area contributed by atoms with Gasteiger partial charge >= 0.3 is 0 Å². The van der Waals surface area contributed by atoms with Gasteiger partial charge in [0, 0.05) is 44.7 Å². The second-order valence-electron chi connectivity index (χ2n) is 6.32. The summed E-state index contributed by atoms with van der Waals surface area (Å²) in [6.45, 7) is 3.96. The lowest BCUT2D eigenvalue weighted by Gasteiger charge is -2.23. The molecule has 0 spiro atoms. The zero-order valence-electron chi connectivity index (χ0n) is 14.0. The number of nitrogens with zero attached hydrogens (tertiary/aromatic N) is 4. The molecule has 7 heteroatoms. The molecule has 3 heterocycles. The summed E-state index contributed by atoms with van der Waals surface area (Å²) in [6, 6.07) is 0.316. The van der Waals surface area contributed by atoms with Gasteiger partial charge < -0.3 is 10.1 Å². The largest absolute Gasteiger partial charge is 0.381 e. The van der Waals surface area contributed by atoms with Gasteiger partial charge in [0.1, 0.15) is 0 Å². The van der Waals surface area contributed by atoms with E-state index in [1.807, 2.05) is 11.6 Å². The van der Waals surface area contributed by atoms with E-state index in [2.05, 4.69) is 26.6 Å². The van der Waals surface area contributed by atoms with Crippen LogP contribution in [0.25, 0.3) is 0 Å². The highest BCUT2D eigenvalue weighted by molar-refractivity contribution is 5.95. The number of carbonyl (C=O) groups is 1. The lowest BCUT2D eigenvalue weighted by Crippen LogP contribution is -2.29. The van der Waals surface area contributed by atoms with Crippen molar-refractivity contribution in [2.75, 3.05) is 19.8 Å². The molecule has 0 aliphatic carbocycles.